The number of carbonyl (C=O) groups is 1. The van der Waals surface area contributed by atoms with Gasteiger partial charge in [-0.3, -0.25) is 4.79 Å². The van der Waals surface area contributed by atoms with Gasteiger partial charge in [0.1, 0.15) is 5.82 Å². The monoisotopic (exact) mass is 180 g/mol. The summed E-state index contributed by atoms with van der Waals surface area (Å²) >= 11 is 0. The van der Waals surface area contributed by atoms with Crippen LogP contribution in [-0.4, -0.2) is 21.4 Å². The number of carbonyl (C=O) groups excluding carboxylic acids is 1. The molecule has 0 bridgehead atoms. The third-order valence-corrected chi connectivity index (χ3v) is 2.21. The molecule has 1 aliphatic carbocycles. The molecule has 13 heavy (non-hydrogen) atoms. The van der Waals surface area contributed by atoms with E-state index in [1.54, 1.807) is 12.4 Å². The largest absolute Gasteiger partial charge is 0.347 e. The van der Waals surface area contributed by atoms with Gasteiger partial charge in [0.05, 0.1) is 12.1 Å². The van der Waals surface area contributed by atoms with Crippen LogP contribution in [0, 0.1) is 0 Å². The minimum Gasteiger partial charge on any atom is -0.347 e. The zero-order valence-corrected chi connectivity index (χ0v) is 7.21. The lowest BCUT2D eigenvalue weighted by atomic mass is 10.3. The van der Waals surface area contributed by atoms with E-state index in [0.29, 0.717) is 6.54 Å². The first-order valence-electron chi connectivity index (χ1n) is 4.26. The Labute approximate surface area is 75.7 Å². The predicted molar refractivity (Wildman–Crippen MR) is 46.6 cm³/mol. The van der Waals surface area contributed by atoms with Crippen LogP contribution in [0.3, 0.4) is 0 Å². The van der Waals surface area contributed by atoms with Gasteiger partial charge in [-0.1, -0.05) is 0 Å². The van der Waals surface area contributed by atoms with Crippen molar-refractivity contribution in [2.24, 2.45) is 5.73 Å². The van der Waals surface area contributed by atoms with Crippen molar-refractivity contribution in [3.8, 4) is 0 Å². The van der Waals surface area contributed by atoms with Crippen LogP contribution < -0.4 is 11.1 Å². The van der Waals surface area contributed by atoms with Gasteiger partial charge < -0.3 is 16.0 Å². The predicted octanol–water partition coefficient (Wildman–Crippen LogP) is -0.483. The Bertz CT molecular complexity index is 302. The SMILES string of the molecule is NC1(C(=O)NCc2ncc[nH]2)CC1. The molecule has 70 valence electrons. The zero-order valence-electron chi connectivity index (χ0n) is 7.21. The average Bonchev–Trinajstić information content (AvgIpc) is 2.70. The minimum absolute atomic E-state index is 0.0797. The highest BCUT2D eigenvalue weighted by Gasteiger charge is 2.45. The minimum atomic E-state index is -0.591. The summed E-state index contributed by atoms with van der Waals surface area (Å²) in [6.07, 6.45) is 4.95. The van der Waals surface area contributed by atoms with Crippen molar-refractivity contribution in [1.29, 1.82) is 0 Å². The fourth-order valence-electron chi connectivity index (χ4n) is 1.10. The van der Waals surface area contributed by atoms with Gasteiger partial charge in [-0.25, -0.2) is 4.98 Å². The van der Waals surface area contributed by atoms with E-state index in [1.807, 2.05) is 0 Å². The Morgan fingerprint density at radius 2 is 2.54 bits per heavy atom. The van der Waals surface area contributed by atoms with Crippen molar-refractivity contribution in [2.75, 3.05) is 0 Å². The first-order chi connectivity index (χ1) is 6.21. The number of aromatic amines is 1. The van der Waals surface area contributed by atoms with Crippen LogP contribution in [0.2, 0.25) is 0 Å². The molecule has 1 amide bonds. The molecule has 4 N–H and O–H groups in total. The van der Waals surface area contributed by atoms with Gasteiger partial charge in [-0.2, -0.15) is 0 Å². The van der Waals surface area contributed by atoms with Crippen LogP contribution in [0.5, 0.6) is 0 Å². The molecule has 0 unspecified atom stereocenters. The van der Waals surface area contributed by atoms with E-state index in [9.17, 15) is 4.79 Å². The second-order valence-corrected chi connectivity index (χ2v) is 3.37. The lowest BCUT2D eigenvalue weighted by molar-refractivity contribution is -0.123. The highest BCUT2D eigenvalue weighted by atomic mass is 16.2. The molecular formula is C8H12N4O. The molecule has 0 saturated heterocycles. The first kappa shape index (κ1) is 8.25. The van der Waals surface area contributed by atoms with Gasteiger partial charge >= 0.3 is 0 Å². The van der Waals surface area contributed by atoms with Crippen molar-refractivity contribution >= 4 is 5.91 Å². The summed E-state index contributed by atoms with van der Waals surface area (Å²) in [6.45, 7) is 0.421. The smallest absolute Gasteiger partial charge is 0.240 e. The summed E-state index contributed by atoms with van der Waals surface area (Å²) in [4.78, 5) is 18.2. The molecule has 0 aromatic carbocycles. The third-order valence-electron chi connectivity index (χ3n) is 2.21. The summed E-state index contributed by atoms with van der Waals surface area (Å²) < 4.78 is 0. The maximum Gasteiger partial charge on any atom is 0.240 e. The van der Waals surface area contributed by atoms with E-state index in [4.69, 9.17) is 5.73 Å². The molecule has 0 atom stereocenters. The van der Waals surface area contributed by atoms with E-state index in [2.05, 4.69) is 15.3 Å². The fourth-order valence-corrected chi connectivity index (χ4v) is 1.10. The second kappa shape index (κ2) is 2.85. The van der Waals surface area contributed by atoms with Crippen molar-refractivity contribution in [1.82, 2.24) is 15.3 Å². The van der Waals surface area contributed by atoms with Gasteiger partial charge in [0, 0.05) is 12.4 Å². The van der Waals surface area contributed by atoms with Crippen LogP contribution >= 0.6 is 0 Å². The molecule has 1 heterocycles. The molecule has 0 radical (unpaired) electrons. The standard InChI is InChI=1S/C8H12N4O/c9-8(1-2-8)7(13)12-5-6-10-3-4-11-6/h3-4H,1-2,5,9H2,(H,10,11)(H,12,13). The summed E-state index contributed by atoms with van der Waals surface area (Å²) in [5.74, 6) is 0.668. The molecule has 2 rings (SSSR count). The molecule has 1 saturated carbocycles. The highest BCUT2D eigenvalue weighted by Crippen LogP contribution is 2.32. The molecule has 1 aliphatic rings. The third kappa shape index (κ3) is 1.70. The Kier molecular flexibility index (Phi) is 1.81. The number of hydrogen-bond donors (Lipinski definition) is 3. The lowest BCUT2D eigenvalue weighted by Crippen LogP contribution is -2.42. The van der Waals surface area contributed by atoms with Crippen LogP contribution in [0.1, 0.15) is 18.7 Å². The van der Waals surface area contributed by atoms with Crippen molar-refractivity contribution in [3.05, 3.63) is 18.2 Å². The maximum absolute atomic E-state index is 11.3. The van der Waals surface area contributed by atoms with Gasteiger partial charge in [0.15, 0.2) is 0 Å². The number of nitrogens with one attached hydrogen (secondary N) is 2. The fraction of sp³-hybridized carbons (Fsp3) is 0.500. The molecule has 1 aromatic rings. The number of H-pyrrole nitrogens is 1. The average molecular weight is 180 g/mol. The van der Waals surface area contributed by atoms with Crippen LogP contribution in [-0.2, 0) is 11.3 Å². The van der Waals surface area contributed by atoms with Crippen LogP contribution in [0.15, 0.2) is 12.4 Å². The second-order valence-electron chi connectivity index (χ2n) is 3.37. The van der Waals surface area contributed by atoms with Gasteiger partial charge in [0.2, 0.25) is 5.91 Å². The highest BCUT2D eigenvalue weighted by molar-refractivity contribution is 5.88. The Hall–Kier alpha value is -1.36. The Balaban J connectivity index is 1.83. The summed E-state index contributed by atoms with van der Waals surface area (Å²) in [6, 6.07) is 0. The van der Waals surface area contributed by atoms with E-state index >= 15 is 0 Å². The maximum atomic E-state index is 11.3. The number of nitrogens with zero attached hydrogens (tertiary/aromatic N) is 1. The van der Waals surface area contributed by atoms with Gasteiger partial charge in [-0.15, -0.1) is 0 Å². The topological polar surface area (TPSA) is 83.8 Å². The van der Waals surface area contributed by atoms with Crippen molar-refractivity contribution < 1.29 is 4.79 Å². The van der Waals surface area contributed by atoms with E-state index < -0.39 is 5.54 Å². The van der Waals surface area contributed by atoms with E-state index in [0.717, 1.165) is 18.7 Å². The lowest BCUT2D eigenvalue weighted by Gasteiger charge is -2.07. The van der Waals surface area contributed by atoms with Crippen LogP contribution in [0.25, 0.3) is 0 Å². The van der Waals surface area contributed by atoms with Gasteiger partial charge in [0.25, 0.3) is 0 Å². The number of amides is 1. The Morgan fingerprint density at radius 1 is 1.77 bits per heavy atom. The molecule has 0 spiro atoms. The normalized spacial score (nSPS) is 18.2. The van der Waals surface area contributed by atoms with E-state index in [-0.39, 0.29) is 5.91 Å². The molecule has 1 aromatic heterocycles. The number of hydrogen-bond acceptors (Lipinski definition) is 3. The molecule has 1 fully saturated rings. The van der Waals surface area contributed by atoms with Crippen LogP contribution in [0.4, 0.5) is 0 Å². The molecule has 5 nitrogen and oxygen atoms in total. The van der Waals surface area contributed by atoms with Crippen molar-refractivity contribution in [3.63, 3.8) is 0 Å². The summed E-state index contributed by atoms with van der Waals surface area (Å²) in [7, 11) is 0. The summed E-state index contributed by atoms with van der Waals surface area (Å²) in [5.41, 5.74) is 5.10. The molecule has 5 heteroatoms. The van der Waals surface area contributed by atoms with Crippen molar-refractivity contribution in [2.45, 2.75) is 24.9 Å². The zero-order chi connectivity index (χ0) is 9.31. The number of nitrogens with two attached hydrogens (primary N) is 1. The summed E-state index contributed by atoms with van der Waals surface area (Å²) in [5, 5.41) is 2.73. The molecular weight excluding hydrogens is 168 g/mol. The van der Waals surface area contributed by atoms with Gasteiger partial charge in [-0.05, 0) is 12.8 Å². The van der Waals surface area contributed by atoms with E-state index in [1.165, 1.54) is 0 Å². The molecule has 0 aliphatic heterocycles. The quantitative estimate of drug-likeness (QED) is 0.587. The number of rotatable bonds is 3. The number of aromatic nitrogens is 2. The Morgan fingerprint density at radius 3 is 3.08 bits per heavy atom. The first-order valence-corrected chi connectivity index (χ1v) is 4.26. The number of imidazole rings is 1.